The van der Waals surface area contributed by atoms with Crippen LogP contribution >= 0.6 is 0 Å². The summed E-state index contributed by atoms with van der Waals surface area (Å²) < 4.78 is 77.2. The van der Waals surface area contributed by atoms with Crippen molar-refractivity contribution >= 4 is 21.7 Å². The van der Waals surface area contributed by atoms with E-state index in [0.29, 0.717) is 43.6 Å². The maximum atomic E-state index is 13.2. The van der Waals surface area contributed by atoms with Gasteiger partial charge in [-0.15, -0.1) is 0 Å². The molecule has 2 aromatic carbocycles. The molecule has 11 heteroatoms. The number of alkyl halides is 3. The zero-order valence-corrected chi connectivity index (χ0v) is 22.9. The lowest BCUT2D eigenvalue weighted by Crippen LogP contribution is -2.39. The van der Waals surface area contributed by atoms with Crippen LogP contribution in [0.1, 0.15) is 51.7 Å². The average Bonchev–Trinajstić information content (AvgIpc) is 3.38. The first-order chi connectivity index (χ1) is 17.9. The molecule has 0 aromatic heterocycles. The number of hydrogen-bond acceptors (Lipinski definition) is 6. The highest BCUT2D eigenvalue weighted by atomic mass is 32.2. The maximum absolute atomic E-state index is 13.2. The van der Waals surface area contributed by atoms with Gasteiger partial charge in [0.15, 0.2) is 0 Å². The number of ether oxygens (including phenoxy) is 1. The van der Waals surface area contributed by atoms with Gasteiger partial charge in [-0.1, -0.05) is 26.0 Å². The van der Waals surface area contributed by atoms with Gasteiger partial charge in [0.05, 0.1) is 11.7 Å². The molecule has 1 heterocycles. The molecule has 0 radical (unpaired) electrons. The van der Waals surface area contributed by atoms with Crippen molar-refractivity contribution in [2.75, 3.05) is 31.1 Å². The molecule has 7 nitrogen and oxygen atoms in total. The van der Waals surface area contributed by atoms with E-state index in [1.165, 1.54) is 0 Å². The molecule has 0 bridgehead atoms. The van der Waals surface area contributed by atoms with Gasteiger partial charge in [0, 0.05) is 56.0 Å². The van der Waals surface area contributed by atoms with Crippen molar-refractivity contribution in [2.24, 2.45) is 5.92 Å². The minimum Gasteiger partial charge on any atom is -0.379 e. The van der Waals surface area contributed by atoms with E-state index >= 15 is 0 Å². The first-order valence-corrected chi connectivity index (χ1v) is 14.2. The lowest BCUT2D eigenvalue weighted by Gasteiger charge is -2.28. The quantitative estimate of drug-likeness (QED) is 0.341. The van der Waals surface area contributed by atoms with Crippen LogP contribution in [0.2, 0.25) is 0 Å². The molecule has 38 heavy (non-hydrogen) atoms. The molecule has 1 aliphatic heterocycles. The van der Waals surface area contributed by atoms with Crippen LogP contribution in [0.3, 0.4) is 0 Å². The van der Waals surface area contributed by atoms with Crippen LogP contribution in [-0.2, 0) is 32.4 Å². The van der Waals surface area contributed by atoms with Crippen LogP contribution in [-0.4, -0.2) is 51.6 Å². The van der Waals surface area contributed by atoms with Crippen LogP contribution < -0.4 is 9.08 Å². The molecule has 0 aliphatic carbocycles. The summed E-state index contributed by atoms with van der Waals surface area (Å²) in [6.45, 7) is 9.77. The first kappa shape index (κ1) is 29.8. The molecule has 210 valence electrons. The van der Waals surface area contributed by atoms with Gasteiger partial charge in [-0.3, -0.25) is 4.79 Å². The van der Waals surface area contributed by atoms with Gasteiger partial charge in [-0.05, 0) is 51.0 Å². The van der Waals surface area contributed by atoms with Gasteiger partial charge in [0.25, 0.3) is 0 Å². The lowest BCUT2D eigenvalue weighted by atomic mass is 10.1. The topological polar surface area (TPSA) is 76.2 Å². The molecule has 1 saturated heterocycles. The number of anilines is 1. The van der Waals surface area contributed by atoms with Crippen molar-refractivity contribution in [3.8, 4) is 5.75 Å². The fraction of sp³-hybridized carbons (Fsp3) is 0.519. The summed E-state index contributed by atoms with van der Waals surface area (Å²) in [6.07, 6.45) is -3.11. The molecule has 1 aliphatic rings. The third kappa shape index (κ3) is 7.41. The molecule has 0 saturated carbocycles. The third-order valence-corrected chi connectivity index (χ3v) is 7.67. The Balaban J connectivity index is 2.01. The molecule has 3 rings (SSSR count). The largest absolute Gasteiger partial charge is 0.416 e. The molecule has 2 aromatic rings. The normalized spacial score (nSPS) is 16.1. The summed E-state index contributed by atoms with van der Waals surface area (Å²) in [7, 11) is -4.62. The van der Waals surface area contributed by atoms with E-state index in [1.54, 1.807) is 30.9 Å². The van der Waals surface area contributed by atoms with Crippen LogP contribution in [0.15, 0.2) is 47.4 Å². The number of halogens is 3. The smallest absolute Gasteiger partial charge is 0.379 e. The van der Waals surface area contributed by atoms with Crippen LogP contribution in [0.4, 0.5) is 18.9 Å². The van der Waals surface area contributed by atoms with Crippen molar-refractivity contribution < 1.29 is 35.3 Å². The zero-order valence-electron chi connectivity index (χ0n) is 22.1. The minimum atomic E-state index is -4.71. The van der Waals surface area contributed by atoms with Gasteiger partial charge in [0.1, 0.15) is 10.6 Å². The van der Waals surface area contributed by atoms with Gasteiger partial charge in [0.2, 0.25) is 5.91 Å². The number of carbonyl (C=O) groups excluding carboxylic acids is 1. The predicted molar refractivity (Wildman–Crippen MR) is 138 cm³/mol. The summed E-state index contributed by atoms with van der Waals surface area (Å²) in [4.78, 5) is 16.0. The van der Waals surface area contributed by atoms with Crippen molar-refractivity contribution in [2.45, 2.75) is 64.3 Å². The van der Waals surface area contributed by atoms with E-state index in [1.807, 2.05) is 24.8 Å². The predicted octanol–water partition coefficient (Wildman–Crippen LogP) is 5.48. The Labute approximate surface area is 222 Å². The summed E-state index contributed by atoms with van der Waals surface area (Å²) in [5.74, 6) is -0.467. The van der Waals surface area contributed by atoms with Crippen LogP contribution in [0.5, 0.6) is 5.75 Å². The number of nitrogens with zero attached hydrogens (tertiary/aromatic N) is 2. The Hall–Kier alpha value is -2.79. The standard InChI is InChI=1S/C27H35F3N2O5S/c1-5-31(6-2)22-13-12-20(17-32(26(33)19(3)4)18-23-10-8-14-36-23)25(16-22)37-38(34,35)24-11-7-9-21(15-24)27(28,29)30/h7,9,11-13,15-16,19,23H,5-6,8,10,14,17-18H2,1-4H3. The van der Waals surface area contributed by atoms with E-state index in [9.17, 15) is 26.4 Å². The summed E-state index contributed by atoms with van der Waals surface area (Å²) in [6, 6.07) is 8.50. The Bertz CT molecular complexity index is 1210. The maximum Gasteiger partial charge on any atom is 0.416 e. The SMILES string of the molecule is CCN(CC)c1ccc(CN(CC2CCCO2)C(=O)C(C)C)c(OS(=O)(=O)c2cccc(C(F)(F)F)c2)c1. The lowest BCUT2D eigenvalue weighted by molar-refractivity contribution is -0.138. The third-order valence-electron chi connectivity index (χ3n) is 6.44. The van der Waals surface area contributed by atoms with Crippen molar-refractivity contribution in [3.05, 3.63) is 53.6 Å². The molecule has 0 spiro atoms. The van der Waals surface area contributed by atoms with E-state index < -0.39 is 26.8 Å². The van der Waals surface area contributed by atoms with Gasteiger partial charge < -0.3 is 18.7 Å². The molecular weight excluding hydrogens is 521 g/mol. The highest BCUT2D eigenvalue weighted by Gasteiger charge is 2.32. The number of hydrogen-bond donors (Lipinski definition) is 0. The summed E-state index contributed by atoms with van der Waals surface area (Å²) in [5.41, 5.74) is 0.0156. The fourth-order valence-corrected chi connectivity index (χ4v) is 5.37. The monoisotopic (exact) mass is 556 g/mol. The molecule has 1 fully saturated rings. The van der Waals surface area contributed by atoms with Crippen LogP contribution in [0.25, 0.3) is 0 Å². The summed E-state index contributed by atoms with van der Waals surface area (Å²) >= 11 is 0. The van der Waals surface area contributed by atoms with Gasteiger partial charge in [-0.25, -0.2) is 0 Å². The fourth-order valence-electron chi connectivity index (χ4n) is 4.37. The second-order valence-electron chi connectivity index (χ2n) is 9.54. The van der Waals surface area contributed by atoms with Crippen molar-refractivity contribution in [1.29, 1.82) is 0 Å². The number of carbonyl (C=O) groups is 1. The highest BCUT2D eigenvalue weighted by molar-refractivity contribution is 7.87. The number of amides is 1. The Morgan fingerprint density at radius 3 is 2.42 bits per heavy atom. The molecule has 1 atom stereocenters. The highest BCUT2D eigenvalue weighted by Crippen LogP contribution is 2.33. The van der Waals surface area contributed by atoms with Crippen molar-refractivity contribution in [3.63, 3.8) is 0 Å². The van der Waals surface area contributed by atoms with E-state index in [0.717, 1.165) is 31.0 Å². The zero-order chi connectivity index (χ0) is 28.1. The minimum absolute atomic E-state index is 0.0410. The second-order valence-corrected chi connectivity index (χ2v) is 11.1. The Morgan fingerprint density at radius 2 is 1.84 bits per heavy atom. The van der Waals surface area contributed by atoms with Gasteiger partial charge >= 0.3 is 16.3 Å². The average molecular weight is 557 g/mol. The first-order valence-electron chi connectivity index (χ1n) is 12.8. The Morgan fingerprint density at radius 1 is 1.13 bits per heavy atom. The number of benzene rings is 2. The van der Waals surface area contributed by atoms with E-state index in [2.05, 4.69) is 0 Å². The van der Waals surface area contributed by atoms with Crippen molar-refractivity contribution in [1.82, 2.24) is 4.90 Å². The van der Waals surface area contributed by atoms with E-state index in [-0.39, 0.29) is 30.2 Å². The Kier molecular flexibility index (Phi) is 9.69. The molecule has 0 N–H and O–H groups in total. The van der Waals surface area contributed by atoms with Crippen LogP contribution in [0, 0.1) is 5.92 Å². The van der Waals surface area contributed by atoms with E-state index in [4.69, 9.17) is 8.92 Å². The molecule has 1 unspecified atom stereocenters. The second kappa shape index (κ2) is 12.4. The number of rotatable bonds is 11. The summed E-state index contributed by atoms with van der Waals surface area (Å²) in [5, 5.41) is 0. The van der Waals surface area contributed by atoms with Gasteiger partial charge in [-0.2, -0.15) is 21.6 Å². The molecule has 1 amide bonds. The molecular formula is C27H35F3N2O5S.